The Labute approximate surface area is 142 Å². The molecule has 25 heavy (non-hydrogen) atoms. The third-order valence-corrected chi connectivity index (χ3v) is 4.09. The second kappa shape index (κ2) is 6.42. The van der Waals surface area contributed by atoms with Crippen molar-refractivity contribution < 1.29 is 9.18 Å². The molecule has 4 rings (SSSR count). The van der Waals surface area contributed by atoms with Gasteiger partial charge in [-0.2, -0.15) is 0 Å². The Hall–Kier alpha value is -3.10. The number of fused-ring (bicyclic) bond motifs is 1. The molecule has 0 radical (unpaired) electrons. The SMILES string of the molecule is O=C(Nc1ccncn1)c1cnc2ccc(N3CCCC(F)C3)nn12. The molecule has 9 heteroatoms. The maximum atomic E-state index is 13.7. The van der Waals surface area contributed by atoms with Gasteiger partial charge in [-0.05, 0) is 31.0 Å². The van der Waals surface area contributed by atoms with Gasteiger partial charge in [0.2, 0.25) is 0 Å². The van der Waals surface area contributed by atoms with Crippen molar-refractivity contribution in [2.45, 2.75) is 19.0 Å². The van der Waals surface area contributed by atoms with Crippen molar-refractivity contribution in [2.75, 3.05) is 23.3 Å². The van der Waals surface area contributed by atoms with Gasteiger partial charge in [-0.3, -0.25) is 4.79 Å². The monoisotopic (exact) mass is 341 g/mol. The van der Waals surface area contributed by atoms with E-state index < -0.39 is 6.17 Å². The summed E-state index contributed by atoms with van der Waals surface area (Å²) in [6.45, 7) is 1.06. The van der Waals surface area contributed by atoms with Crippen LogP contribution < -0.4 is 10.2 Å². The molecule has 128 valence electrons. The highest BCUT2D eigenvalue weighted by atomic mass is 19.1. The number of nitrogens with zero attached hydrogens (tertiary/aromatic N) is 6. The molecule has 0 spiro atoms. The van der Waals surface area contributed by atoms with E-state index in [-0.39, 0.29) is 11.6 Å². The zero-order valence-corrected chi connectivity index (χ0v) is 13.3. The van der Waals surface area contributed by atoms with E-state index in [1.54, 1.807) is 18.2 Å². The molecule has 3 aromatic rings. The molecule has 8 nitrogen and oxygen atoms in total. The molecule has 1 aliphatic heterocycles. The molecule has 0 aromatic carbocycles. The summed E-state index contributed by atoms with van der Waals surface area (Å²) in [5.41, 5.74) is 0.828. The van der Waals surface area contributed by atoms with Gasteiger partial charge >= 0.3 is 0 Å². The first-order chi connectivity index (χ1) is 12.2. The average molecular weight is 341 g/mol. The highest BCUT2D eigenvalue weighted by molar-refractivity contribution is 6.02. The summed E-state index contributed by atoms with van der Waals surface area (Å²) >= 11 is 0. The summed E-state index contributed by atoms with van der Waals surface area (Å²) in [6, 6.07) is 5.16. The van der Waals surface area contributed by atoms with Crippen molar-refractivity contribution in [3.8, 4) is 0 Å². The first-order valence-electron chi connectivity index (χ1n) is 8.02. The van der Waals surface area contributed by atoms with E-state index in [0.29, 0.717) is 30.2 Å². The highest BCUT2D eigenvalue weighted by Crippen LogP contribution is 2.20. The Morgan fingerprint density at radius 3 is 3.00 bits per heavy atom. The van der Waals surface area contributed by atoms with Gasteiger partial charge in [-0.15, -0.1) is 5.10 Å². The fourth-order valence-electron chi connectivity index (χ4n) is 2.87. The standard InChI is InChI=1S/C16H16FN7O/c17-11-2-1-7-23(9-11)15-4-3-14-19-8-12(24(14)22-15)16(25)21-13-5-6-18-10-20-13/h3-6,8,10-11H,1-2,7,9H2,(H,18,20,21,25). The largest absolute Gasteiger partial charge is 0.352 e. The summed E-state index contributed by atoms with van der Waals surface area (Å²) in [6.07, 6.45) is 4.86. The smallest absolute Gasteiger partial charge is 0.277 e. The molecule has 4 heterocycles. The number of carbonyl (C=O) groups is 1. The summed E-state index contributed by atoms with van der Waals surface area (Å²) in [5, 5.41) is 7.15. The van der Waals surface area contributed by atoms with Crippen LogP contribution in [0.4, 0.5) is 16.0 Å². The molecule has 3 aromatic heterocycles. The number of anilines is 2. The van der Waals surface area contributed by atoms with Crippen LogP contribution >= 0.6 is 0 Å². The van der Waals surface area contributed by atoms with Gasteiger partial charge in [-0.25, -0.2) is 23.9 Å². The molecule has 1 aliphatic rings. The summed E-state index contributed by atoms with van der Waals surface area (Å²) in [5.74, 6) is 0.643. The van der Waals surface area contributed by atoms with Gasteiger partial charge in [0.15, 0.2) is 11.3 Å². The van der Waals surface area contributed by atoms with Gasteiger partial charge in [0.05, 0.1) is 12.7 Å². The van der Waals surface area contributed by atoms with Gasteiger partial charge < -0.3 is 10.2 Å². The number of imidazole rings is 1. The molecule has 0 aliphatic carbocycles. The Bertz CT molecular complexity index is 898. The molecular formula is C16H16FN7O. The molecule has 0 saturated carbocycles. The van der Waals surface area contributed by atoms with Crippen LogP contribution in [0, 0.1) is 0 Å². The Morgan fingerprint density at radius 1 is 1.28 bits per heavy atom. The number of rotatable bonds is 3. The van der Waals surface area contributed by atoms with Crippen LogP contribution in [-0.2, 0) is 0 Å². The van der Waals surface area contributed by atoms with Crippen LogP contribution in [0.1, 0.15) is 23.3 Å². The van der Waals surface area contributed by atoms with Crippen LogP contribution in [0.5, 0.6) is 0 Å². The lowest BCUT2D eigenvalue weighted by Crippen LogP contribution is -2.37. The minimum absolute atomic E-state index is 0.282. The van der Waals surface area contributed by atoms with Gasteiger partial charge in [0.25, 0.3) is 5.91 Å². The second-order valence-corrected chi connectivity index (χ2v) is 5.84. The highest BCUT2D eigenvalue weighted by Gasteiger charge is 2.21. The van der Waals surface area contributed by atoms with Gasteiger partial charge in [-0.1, -0.05) is 0 Å². The maximum absolute atomic E-state index is 13.7. The van der Waals surface area contributed by atoms with Crippen LogP contribution in [0.2, 0.25) is 0 Å². The second-order valence-electron chi connectivity index (χ2n) is 5.84. The van der Waals surface area contributed by atoms with E-state index in [4.69, 9.17) is 0 Å². The summed E-state index contributed by atoms with van der Waals surface area (Å²) in [4.78, 5) is 26.3. The summed E-state index contributed by atoms with van der Waals surface area (Å²) in [7, 11) is 0. The Morgan fingerprint density at radius 2 is 2.20 bits per heavy atom. The zero-order valence-electron chi connectivity index (χ0n) is 13.3. The quantitative estimate of drug-likeness (QED) is 0.780. The van der Waals surface area contributed by atoms with Crippen molar-refractivity contribution >= 4 is 23.2 Å². The zero-order chi connectivity index (χ0) is 17.2. The predicted octanol–water partition coefficient (Wildman–Crippen LogP) is 1.71. The predicted molar refractivity (Wildman–Crippen MR) is 89.3 cm³/mol. The number of alkyl halides is 1. The van der Waals surface area contributed by atoms with Crippen LogP contribution in [0.15, 0.2) is 36.9 Å². The third-order valence-electron chi connectivity index (χ3n) is 4.09. The van der Waals surface area contributed by atoms with Crippen LogP contribution in [0.3, 0.4) is 0 Å². The number of hydrogen-bond donors (Lipinski definition) is 1. The third kappa shape index (κ3) is 3.12. The van der Waals surface area contributed by atoms with Crippen molar-refractivity contribution in [3.63, 3.8) is 0 Å². The molecule has 1 atom stereocenters. The fourth-order valence-corrected chi connectivity index (χ4v) is 2.87. The topological polar surface area (TPSA) is 88.3 Å². The summed E-state index contributed by atoms with van der Waals surface area (Å²) < 4.78 is 15.1. The minimum atomic E-state index is -0.852. The first kappa shape index (κ1) is 15.4. The molecule has 1 amide bonds. The van der Waals surface area contributed by atoms with E-state index in [1.165, 1.54) is 23.2 Å². The Balaban J connectivity index is 1.63. The first-order valence-corrected chi connectivity index (χ1v) is 8.02. The number of hydrogen-bond acceptors (Lipinski definition) is 6. The van der Waals surface area contributed by atoms with Crippen molar-refractivity contribution in [3.05, 3.63) is 42.6 Å². The molecule has 0 bridgehead atoms. The lowest BCUT2D eigenvalue weighted by Gasteiger charge is -2.29. The van der Waals surface area contributed by atoms with E-state index in [9.17, 15) is 9.18 Å². The number of halogens is 1. The Kier molecular flexibility index (Phi) is 3.96. The number of nitrogens with one attached hydrogen (secondary N) is 1. The molecule has 1 unspecified atom stereocenters. The van der Waals surface area contributed by atoms with Crippen LogP contribution in [0.25, 0.3) is 5.65 Å². The fraction of sp³-hybridized carbons (Fsp3) is 0.312. The van der Waals surface area contributed by atoms with E-state index in [2.05, 4.69) is 25.4 Å². The normalized spacial score (nSPS) is 17.6. The number of piperidine rings is 1. The van der Waals surface area contributed by atoms with E-state index in [1.807, 2.05) is 4.90 Å². The number of carbonyl (C=O) groups excluding carboxylic acids is 1. The van der Waals surface area contributed by atoms with E-state index in [0.717, 1.165) is 13.0 Å². The lowest BCUT2D eigenvalue weighted by atomic mass is 10.1. The van der Waals surface area contributed by atoms with E-state index >= 15 is 0 Å². The van der Waals surface area contributed by atoms with Crippen molar-refractivity contribution in [1.82, 2.24) is 24.6 Å². The van der Waals surface area contributed by atoms with Crippen molar-refractivity contribution in [2.24, 2.45) is 0 Å². The molecule has 1 fully saturated rings. The minimum Gasteiger partial charge on any atom is -0.352 e. The number of amides is 1. The van der Waals surface area contributed by atoms with Gasteiger partial charge in [0.1, 0.15) is 24.1 Å². The van der Waals surface area contributed by atoms with Crippen LogP contribution in [-0.4, -0.2) is 49.7 Å². The lowest BCUT2D eigenvalue weighted by molar-refractivity contribution is 0.102. The number of aromatic nitrogens is 5. The molecule has 1 N–H and O–H groups in total. The van der Waals surface area contributed by atoms with Gasteiger partial charge in [0, 0.05) is 12.7 Å². The molecule has 1 saturated heterocycles. The maximum Gasteiger partial charge on any atom is 0.277 e. The molecular weight excluding hydrogens is 325 g/mol. The average Bonchev–Trinajstić information content (AvgIpc) is 3.06. The van der Waals surface area contributed by atoms with Crippen molar-refractivity contribution in [1.29, 1.82) is 0 Å².